The van der Waals surface area contributed by atoms with Crippen LogP contribution in [0.15, 0.2) is 70.0 Å². The van der Waals surface area contributed by atoms with Crippen molar-refractivity contribution >= 4 is 15.9 Å². The molecule has 23 heavy (non-hydrogen) atoms. The van der Waals surface area contributed by atoms with Crippen LogP contribution in [-0.2, 0) is 11.3 Å². The summed E-state index contributed by atoms with van der Waals surface area (Å²) in [5.41, 5.74) is 2.28. The molecule has 0 bridgehead atoms. The highest BCUT2D eigenvalue weighted by atomic mass is 79.9. The largest absolute Gasteiger partial charge is 0.468 e. The highest BCUT2D eigenvalue weighted by Gasteiger charge is 2.28. The van der Waals surface area contributed by atoms with Crippen LogP contribution in [0.1, 0.15) is 17.6 Å². The summed E-state index contributed by atoms with van der Waals surface area (Å²) in [6.45, 7) is 2.41. The second-order valence-corrected chi connectivity index (χ2v) is 6.43. The predicted octanol–water partition coefficient (Wildman–Crippen LogP) is 4.36. The molecule has 4 rings (SSSR count). The third-order valence-corrected chi connectivity index (χ3v) is 4.73. The lowest BCUT2D eigenvalue weighted by molar-refractivity contribution is 0.0258. The lowest BCUT2D eigenvalue weighted by atomic mass is 10.2. The zero-order valence-electron chi connectivity index (χ0n) is 12.6. The van der Waals surface area contributed by atoms with Gasteiger partial charge < -0.3 is 13.7 Å². The Bertz CT molecular complexity index is 782. The molecule has 1 atom stereocenters. The minimum absolute atomic E-state index is 0.0242. The van der Waals surface area contributed by atoms with Crippen LogP contribution in [0.4, 0.5) is 0 Å². The summed E-state index contributed by atoms with van der Waals surface area (Å²) in [6, 6.07) is 14.2. The van der Waals surface area contributed by atoms with E-state index in [2.05, 4.69) is 49.9 Å². The summed E-state index contributed by atoms with van der Waals surface area (Å²) < 4.78 is 14.6. The van der Waals surface area contributed by atoms with Crippen molar-refractivity contribution in [3.05, 3.63) is 76.9 Å². The number of aromatic nitrogens is 1. The fraction of sp³-hybridized carbons (Fsp3) is 0.222. The van der Waals surface area contributed by atoms with Gasteiger partial charge in [0.05, 0.1) is 25.1 Å². The monoisotopic (exact) mass is 372 g/mol. The molecule has 1 fully saturated rings. The number of halogens is 1. The third kappa shape index (κ3) is 3.00. The first-order valence-electron chi connectivity index (χ1n) is 7.62. The summed E-state index contributed by atoms with van der Waals surface area (Å²) in [4.78, 5) is 2.29. The normalized spacial score (nSPS) is 18.6. The number of hydrogen-bond donors (Lipinski definition) is 0. The highest BCUT2D eigenvalue weighted by Crippen LogP contribution is 2.30. The molecular formula is C18H17BrN2O2. The van der Waals surface area contributed by atoms with E-state index in [-0.39, 0.29) is 6.23 Å². The van der Waals surface area contributed by atoms with E-state index in [1.165, 1.54) is 0 Å². The van der Waals surface area contributed by atoms with Crippen LogP contribution in [0.3, 0.4) is 0 Å². The molecule has 0 spiro atoms. The number of rotatable bonds is 4. The SMILES string of the molecule is Brc1ccccc1-n1ccc([C@@H]2OCCN2Cc2ccco2)c1. The lowest BCUT2D eigenvalue weighted by Gasteiger charge is -2.21. The van der Waals surface area contributed by atoms with Crippen LogP contribution in [0.25, 0.3) is 5.69 Å². The van der Waals surface area contributed by atoms with Gasteiger partial charge in [0.1, 0.15) is 12.0 Å². The third-order valence-electron chi connectivity index (χ3n) is 4.06. The number of hydrogen-bond acceptors (Lipinski definition) is 3. The van der Waals surface area contributed by atoms with Crippen LogP contribution < -0.4 is 0 Å². The Hall–Kier alpha value is -1.82. The Morgan fingerprint density at radius 3 is 2.87 bits per heavy atom. The van der Waals surface area contributed by atoms with Gasteiger partial charge in [0.2, 0.25) is 0 Å². The van der Waals surface area contributed by atoms with E-state index >= 15 is 0 Å². The molecule has 5 heteroatoms. The maximum atomic E-state index is 5.94. The molecule has 0 aliphatic carbocycles. The van der Waals surface area contributed by atoms with Crippen molar-refractivity contribution < 1.29 is 9.15 Å². The molecule has 1 saturated heterocycles. The highest BCUT2D eigenvalue weighted by molar-refractivity contribution is 9.10. The van der Waals surface area contributed by atoms with Gasteiger partial charge in [0, 0.05) is 29.0 Å². The van der Waals surface area contributed by atoms with Gasteiger partial charge in [-0.1, -0.05) is 12.1 Å². The van der Waals surface area contributed by atoms with Crippen LogP contribution in [0.2, 0.25) is 0 Å². The fourth-order valence-corrected chi connectivity index (χ4v) is 3.44. The van der Waals surface area contributed by atoms with E-state index in [1.807, 2.05) is 30.3 Å². The van der Waals surface area contributed by atoms with E-state index in [4.69, 9.17) is 9.15 Å². The van der Waals surface area contributed by atoms with Gasteiger partial charge in [-0.15, -0.1) is 0 Å². The number of benzene rings is 1. The molecule has 3 heterocycles. The van der Waals surface area contributed by atoms with Crippen molar-refractivity contribution in [3.8, 4) is 5.69 Å². The van der Waals surface area contributed by atoms with Crippen molar-refractivity contribution in [2.45, 2.75) is 12.8 Å². The van der Waals surface area contributed by atoms with E-state index < -0.39 is 0 Å². The summed E-state index contributed by atoms with van der Waals surface area (Å²) in [5.74, 6) is 0.964. The van der Waals surface area contributed by atoms with Crippen molar-refractivity contribution in [2.24, 2.45) is 0 Å². The Kier molecular flexibility index (Phi) is 4.08. The topological polar surface area (TPSA) is 30.5 Å². The Morgan fingerprint density at radius 1 is 1.13 bits per heavy atom. The molecule has 1 aliphatic rings. The van der Waals surface area contributed by atoms with Gasteiger partial charge in [-0.05, 0) is 46.3 Å². The lowest BCUT2D eigenvalue weighted by Crippen LogP contribution is -2.22. The van der Waals surface area contributed by atoms with E-state index in [9.17, 15) is 0 Å². The first-order chi connectivity index (χ1) is 11.3. The standard InChI is InChI=1S/C18H17BrN2O2/c19-16-5-1-2-6-17(16)20-8-7-14(12-20)18-21(9-11-23-18)13-15-4-3-10-22-15/h1-8,10,12,18H,9,11,13H2/t18-/m0/s1. The van der Waals surface area contributed by atoms with Gasteiger partial charge in [-0.2, -0.15) is 0 Å². The van der Waals surface area contributed by atoms with Crippen LogP contribution >= 0.6 is 15.9 Å². The smallest absolute Gasteiger partial charge is 0.138 e. The average molecular weight is 373 g/mol. The summed E-state index contributed by atoms with van der Waals surface area (Å²) >= 11 is 3.60. The fourth-order valence-electron chi connectivity index (χ4n) is 2.95. The molecule has 3 aromatic rings. The second kappa shape index (κ2) is 6.35. The van der Waals surface area contributed by atoms with E-state index in [0.29, 0.717) is 0 Å². The minimum Gasteiger partial charge on any atom is -0.468 e. The van der Waals surface area contributed by atoms with Crippen molar-refractivity contribution in [2.75, 3.05) is 13.2 Å². The number of ether oxygens (including phenoxy) is 1. The van der Waals surface area contributed by atoms with Gasteiger partial charge in [0.15, 0.2) is 0 Å². The molecule has 2 aromatic heterocycles. The zero-order chi connectivity index (χ0) is 15.6. The van der Waals surface area contributed by atoms with Gasteiger partial charge >= 0.3 is 0 Å². The van der Waals surface area contributed by atoms with Crippen LogP contribution in [0, 0.1) is 0 Å². The number of nitrogens with zero attached hydrogens (tertiary/aromatic N) is 2. The summed E-state index contributed by atoms with van der Waals surface area (Å²) in [6.07, 6.45) is 5.89. The molecule has 0 saturated carbocycles. The Balaban J connectivity index is 1.57. The molecule has 0 unspecified atom stereocenters. The summed E-state index contributed by atoms with van der Waals surface area (Å²) in [5, 5.41) is 0. The zero-order valence-corrected chi connectivity index (χ0v) is 14.1. The minimum atomic E-state index is -0.0242. The maximum absolute atomic E-state index is 5.94. The molecule has 0 N–H and O–H groups in total. The number of furan rings is 1. The van der Waals surface area contributed by atoms with E-state index in [0.717, 1.165) is 41.2 Å². The Labute approximate surface area is 143 Å². The molecule has 1 aliphatic heterocycles. The molecule has 1 aromatic carbocycles. The maximum Gasteiger partial charge on any atom is 0.138 e. The molecule has 0 amide bonds. The molecule has 0 radical (unpaired) electrons. The predicted molar refractivity (Wildman–Crippen MR) is 91.3 cm³/mol. The first kappa shape index (κ1) is 14.8. The van der Waals surface area contributed by atoms with Crippen molar-refractivity contribution in [3.63, 3.8) is 0 Å². The average Bonchev–Trinajstić information content (AvgIpc) is 3.28. The van der Waals surface area contributed by atoms with Crippen LogP contribution in [-0.4, -0.2) is 22.6 Å². The Morgan fingerprint density at radius 2 is 2.04 bits per heavy atom. The van der Waals surface area contributed by atoms with Crippen molar-refractivity contribution in [1.82, 2.24) is 9.47 Å². The second-order valence-electron chi connectivity index (χ2n) is 5.58. The molecule has 4 nitrogen and oxygen atoms in total. The van der Waals surface area contributed by atoms with Gasteiger partial charge in [0.25, 0.3) is 0 Å². The quantitative estimate of drug-likeness (QED) is 0.681. The summed E-state index contributed by atoms with van der Waals surface area (Å²) in [7, 11) is 0. The van der Waals surface area contributed by atoms with Crippen LogP contribution in [0.5, 0.6) is 0 Å². The number of para-hydroxylation sites is 1. The van der Waals surface area contributed by atoms with Gasteiger partial charge in [-0.3, -0.25) is 4.90 Å². The molecule has 118 valence electrons. The van der Waals surface area contributed by atoms with Gasteiger partial charge in [-0.25, -0.2) is 0 Å². The first-order valence-corrected chi connectivity index (χ1v) is 8.41. The van der Waals surface area contributed by atoms with Crippen molar-refractivity contribution in [1.29, 1.82) is 0 Å². The van der Waals surface area contributed by atoms with E-state index in [1.54, 1.807) is 6.26 Å². The molecular weight excluding hydrogens is 356 g/mol.